The molecule has 5 N–H and O–H groups in total. The van der Waals surface area contributed by atoms with Gasteiger partial charge in [0.25, 0.3) is 10.0 Å². The Kier molecular flexibility index (Phi) is 4.44. The molecule has 0 saturated heterocycles. The van der Waals surface area contributed by atoms with Gasteiger partial charge in [-0.15, -0.1) is 0 Å². The molecule has 1 rings (SSSR count). The number of nitrogens with one attached hydrogen (secondary N) is 3. The van der Waals surface area contributed by atoms with E-state index >= 15 is 0 Å². The molecule has 90 valence electrons. The maximum absolute atomic E-state index is 11.5. The molecule has 0 unspecified atom stereocenters. The lowest BCUT2D eigenvalue weighted by Crippen LogP contribution is -2.25. The second-order valence-electron chi connectivity index (χ2n) is 3.30. The number of hydrogen-bond acceptors (Lipinski definition) is 4. The number of aromatic amines is 1. The van der Waals surface area contributed by atoms with E-state index in [0.717, 1.165) is 0 Å². The van der Waals surface area contributed by atoms with Crippen molar-refractivity contribution < 1.29 is 8.42 Å². The van der Waals surface area contributed by atoms with E-state index in [-0.39, 0.29) is 10.9 Å². The summed E-state index contributed by atoms with van der Waals surface area (Å²) in [6.07, 6.45) is 4.39. The smallest absolute Gasteiger partial charge is 0.257 e. The number of sulfonamides is 1. The van der Waals surface area contributed by atoms with E-state index in [2.05, 4.69) is 14.7 Å². The molecular weight excluding hydrogens is 230 g/mol. The van der Waals surface area contributed by atoms with E-state index < -0.39 is 10.0 Å². The third kappa shape index (κ3) is 3.99. The summed E-state index contributed by atoms with van der Waals surface area (Å²) in [6.45, 7) is 0.328. The van der Waals surface area contributed by atoms with Gasteiger partial charge in [-0.25, -0.2) is 18.1 Å². The van der Waals surface area contributed by atoms with Crippen LogP contribution in [0.5, 0.6) is 0 Å². The Labute approximate surface area is 94.0 Å². The largest absolute Gasteiger partial charge is 0.388 e. The zero-order valence-corrected chi connectivity index (χ0v) is 9.55. The third-order valence-corrected chi connectivity index (χ3v) is 3.31. The van der Waals surface area contributed by atoms with E-state index in [4.69, 9.17) is 11.1 Å². The monoisotopic (exact) mass is 245 g/mol. The Balaban J connectivity index is 2.30. The minimum absolute atomic E-state index is 0.0547. The fourth-order valence-corrected chi connectivity index (χ4v) is 2.09. The molecule has 7 nitrogen and oxygen atoms in total. The van der Waals surface area contributed by atoms with Crippen LogP contribution in [0.4, 0.5) is 0 Å². The van der Waals surface area contributed by atoms with Gasteiger partial charge in [0.1, 0.15) is 0 Å². The predicted molar refractivity (Wildman–Crippen MR) is 59.5 cm³/mol. The number of nitrogens with two attached hydrogens (primary N) is 1. The molecular formula is C8H15N5O2S. The first-order valence-corrected chi connectivity index (χ1v) is 6.31. The molecule has 0 aliphatic heterocycles. The van der Waals surface area contributed by atoms with Gasteiger partial charge in [-0.3, -0.25) is 5.41 Å². The summed E-state index contributed by atoms with van der Waals surface area (Å²) in [7, 11) is -3.47. The van der Waals surface area contributed by atoms with Crippen molar-refractivity contribution in [3.63, 3.8) is 0 Å². The first-order valence-electron chi connectivity index (χ1n) is 4.83. The highest BCUT2D eigenvalue weighted by molar-refractivity contribution is 7.89. The molecule has 0 aliphatic rings. The molecule has 0 amide bonds. The summed E-state index contributed by atoms with van der Waals surface area (Å²) in [5.74, 6) is 0.122. The summed E-state index contributed by atoms with van der Waals surface area (Å²) in [6, 6.07) is 0. The summed E-state index contributed by atoms with van der Waals surface area (Å²) < 4.78 is 25.5. The summed E-state index contributed by atoms with van der Waals surface area (Å²) in [4.78, 5) is 6.16. The van der Waals surface area contributed by atoms with Crippen LogP contribution < -0.4 is 10.5 Å². The molecule has 0 fully saturated rings. The fourth-order valence-electron chi connectivity index (χ4n) is 1.11. The topological polar surface area (TPSA) is 125 Å². The highest BCUT2D eigenvalue weighted by Gasteiger charge is 2.13. The molecule has 16 heavy (non-hydrogen) atoms. The Hall–Kier alpha value is -1.41. The number of amidine groups is 1. The van der Waals surface area contributed by atoms with E-state index in [0.29, 0.717) is 25.8 Å². The van der Waals surface area contributed by atoms with E-state index in [1.54, 1.807) is 0 Å². The van der Waals surface area contributed by atoms with Gasteiger partial charge in [-0.1, -0.05) is 0 Å². The number of nitrogens with zero attached hydrogens (tertiary/aromatic N) is 1. The number of H-pyrrole nitrogens is 1. The summed E-state index contributed by atoms with van der Waals surface area (Å²) >= 11 is 0. The van der Waals surface area contributed by atoms with Crippen LogP contribution in [0.15, 0.2) is 17.6 Å². The Morgan fingerprint density at radius 2 is 2.31 bits per heavy atom. The van der Waals surface area contributed by atoms with Crippen LogP contribution >= 0.6 is 0 Å². The lowest BCUT2D eigenvalue weighted by molar-refractivity contribution is 0.574. The minimum Gasteiger partial charge on any atom is -0.388 e. The number of unbranched alkanes of at least 4 members (excludes halogenated alkanes) is 1. The number of imidazole rings is 1. The molecule has 0 bridgehead atoms. The van der Waals surface area contributed by atoms with Gasteiger partial charge in [-0.2, -0.15) is 0 Å². The minimum atomic E-state index is -3.47. The van der Waals surface area contributed by atoms with Crippen molar-refractivity contribution in [1.29, 1.82) is 5.41 Å². The highest BCUT2D eigenvalue weighted by Crippen LogP contribution is 2.02. The second-order valence-corrected chi connectivity index (χ2v) is 5.03. The zero-order valence-electron chi connectivity index (χ0n) is 8.73. The van der Waals surface area contributed by atoms with Crippen molar-refractivity contribution in [3.8, 4) is 0 Å². The molecule has 1 heterocycles. The summed E-state index contributed by atoms with van der Waals surface area (Å²) in [5.41, 5.74) is 5.17. The van der Waals surface area contributed by atoms with Gasteiger partial charge in [0, 0.05) is 13.0 Å². The highest BCUT2D eigenvalue weighted by atomic mass is 32.2. The van der Waals surface area contributed by atoms with Crippen molar-refractivity contribution in [2.24, 2.45) is 5.73 Å². The van der Waals surface area contributed by atoms with Crippen LogP contribution in [-0.4, -0.2) is 30.8 Å². The quantitative estimate of drug-likeness (QED) is 0.301. The predicted octanol–water partition coefficient (Wildman–Crippen LogP) is -0.206. The maximum atomic E-state index is 11.5. The standard InChI is InChI=1S/C8H15N5O2S/c9-7(10)3-1-2-4-13-16(14,15)8-5-11-6-12-8/h5-6,13H,1-4H2,(H3,9,10)(H,11,12). The number of rotatable bonds is 7. The average molecular weight is 245 g/mol. The summed E-state index contributed by atoms with van der Waals surface area (Å²) in [5, 5.41) is 7.05. The van der Waals surface area contributed by atoms with Crippen molar-refractivity contribution in [1.82, 2.24) is 14.7 Å². The number of aromatic nitrogens is 2. The molecule has 0 radical (unpaired) electrons. The first-order chi connectivity index (χ1) is 7.52. The molecule has 1 aromatic rings. The lowest BCUT2D eigenvalue weighted by atomic mass is 10.2. The lowest BCUT2D eigenvalue weighted by Gasteiger charge is -2.03. The average Bonchev–Trinajstić information content (AvgIpc) is 2.69. The first kappa shape index (κ1) is 12.7. The van der Waals surface area contributed by atoms with Crippen LogP contribution in [0, 0.1) is 5.41 Å². The molecule has 1 aromatic heterocycles. The van der Waals surface area contributed by atoms with Crippen molar-refractivity contribution in [2.75, 3.05) is 6.54 Å². The second kappa shape index (κ2) is 5.61. The third-order valence-electron chi connectivity index (χ3n) is 1.93. The normalized spacial score (nSPS) is 11.5. The SMILES string of the molecule is N=C(N)CCCCNS(=O)(=O)c1cnc[nH]1. The van der Waals surface area contributed by atoms with Crippen molar-refractivity contribution >= 4 is 15.9 Å². The molecule has 0 saturated carbocycles. The Morgan fingerprint density at radius 1 is 1.56 bits per heavy atom. The van der Waals surface area contributed by atoms with Gasteiger partial charge in [0.15, 0.2) is 5.03 Å². The van der Waals surface area contributed by atoms with Crippen LogP contribution in [0.3, 0.4) is 0 Å². The Bertz CT molecular complexity index is 425. The van der Waals surface area contributed by atoms with Gasteiger partial charge in [0.2, 0.25) is 0 Å². The molecule has 0 aromatic carbocycles. The van der Waals surface area contributed by atoms with Crippen molar-refractivity contribution in [3.05, 3.63) is 12.5 Å². The molecule has 8 heteroatoms. The van der Waals surface area contributed by atoms with Gasteiger partial charge in [0.05, 0.1) is 18.4 Å². The Morgan fingerprint density at radius 3 is 2.88 bits per heavy atom. The van der Waals surface area contributed by atoms with Gasteiger partial charge in [-0.05, 0) is 12.8 Å². The van der Waals surface area contributed by atoms with Gasteiger partial charge < -0.3 is 10.7 Å². The van der Waals surface area contributed by atoms with E-state index in [1.165, 1.54) is 12.5 Å². The maximum Gasteiger partial charge on any atom is 0.257 e. The fraction of sp³-hybridized carbons (Fsp3) is 0.500. The molecule has 0 spiro atoms. The van der Waals surface area contributed by atoms with E-state index in [1.807, 2.05) is 0 Å². The molecule has 0 atom stereocenters. The molecule has 0 aliphatic carbocycles. The van der Waals surface area contributed by atoms with E-state index in [9.17, 15) is 8.42 Å². The van der Waals surface area contributed by atoms with Crippen LogP contribution in [0.2, 0.25) is 0 Å². The van der Waals surface area contributed by atoms with Crippen molar-refractivity contribution in [2.45, 2.75) is 24.3 Å². The van der Waals surface area contributed by atoms with Crippen LogP contribution in [0.25, 0.3) is 0 Å². The van der Waals surface area contributed by atoms with Crippen LogP contribution in [0.1, 0.15) is 19.3 Å². The number of hydrogen-bond donors (Lipinski definition) is 4. The van der Waals surface area contributed by atoms with Crippen LogP contribution in [-0.2, 0) is 10.0 Å². The zero-order chi connectivity index (χ0) is 12.0. The van der Waals surface area contributed by atoms with Gasteiger partial charge >= 0.3 is 0 Å².